The average molecular weight is 219 g/mol. The number of hydrogen-bond donors (Lipinski definition) is 1. The summed E-state index contributed by atoms with van der Waals surface area (Å²) in [5.74, 6) is 0.166. The molecule has 2 rings (SSSR count). The van der Waals surface area contributed by atoms with Crippen molar-refractivity contribution in [1.82, 2.24) is 0 Å². The van der Waals surface area contributed by atoms with E-state index in [1.807, 2.05) is 24.3 Å². The fourth-order valence-corrected chi connectivity index (χ4v) is 2.15. The number of carbonyl (C=O) groups is 1. The molecule has 0 aromatic heterocycles. The van der Waals surface area contributed by atoms with Crippen molar-refractivity contribution in [2.24, 2.45) is 0 Å². The maximum atomic E-state index is 11.8. The number of amides is 1. The molecule has 0 bridgehead atoms. The molecule has 1 aromatic carbocycles. The largest absolute Gasteiger partial charge is 0.389 e. The molecule has 86 valence electrons. The highest BCUT2D eigenvalue weighted by Crippen LogP contribution is 2.28. The van der Waals surface area contributed by atoms with Crippen molar-refractivity contribution in [3.05, 3.63) is 29.8 Å². The second kappa shape index (κ2) is 4.66. The molecule has 16 heavy (non-hydrogen) atoms. The normalized spacial score (nSPS) is 18.6. The van der Waals surface area contributed by atoms with Gasteiger partial charge in [-0.25, -0.2) is 0 Å². The number of piperidine rings is 1. The lowest BCUT2D eigenvalue weighted by Gasteiger charge is -2.29. The number of aliphatic hydroxyl groups is 1. The van der Waals surface area contributed by atoms with Gasteiger partial charge in [-0.1, -0.05) is 18.2 Å². The van der Waals surface area contributed by atoms with Crippen LogP contribution in [0.3, 0.4) is 0 Å². The van der Waals surface area contributed by atoms with E-state index in [2.05, 4.69) is 0 Å². The van der Waals surface area contributed by atoms with Gasteiger partial charge in [-0.3, -0.25) is 4.79 Å². The van der Waals surface area contributed by atoms with Gasteiger partial charge in [-0.2, -0.15) is 0 Å². The molecule has 0 saturated carbocycles. The molecule has 1 saturated heterocycles. The molecule has 1 N–H and O–H groups in total. The third-order valence-electron chi connectivity index (χ3n) is 3.00. The van der Waals surface area contributed by atoms with Crippen LogP contribution in [0.1, 0.15) is 37.9 Å². The zero-order valence-corrected chi connectivity index (χ0v) is 9.52. The molecule has 1 aliphatic rings. The third-order valence-corrected chi connectivity index (χ3v) is 3.00. The Labute approximate surface area is 95.7 Å². The summed E-state index contributed by atoms with van der Waals surface area (Å²) in [7, 11) is 0. The molecule has 1 atom stereocenters. The summed E-state index contributed by atoms with van der Waals surface area (Å²) in [6, 6.07) is 7.58. The summed E-state index contributed by atoms with van der Waals surface area (Å²) in [6.45, 7) is 2.50. The van der Waals surface area contributed by atoms with Crippen LogP contribution in [-0.4, -0.2) is 17.6 Å². The monoisotopic (exact) mass is 219 g/mol. The van der Waals surface area contributed by atoms with Crippen LogP contribution in [0.15, 0.2) is 24.3 Å². The fraction of sp³-hybridized carbons (Fsp3) is 0.462. The summed E-state index contributed by atoms with van der Waals surface area (Å²) in [5, 5.41) is 9.68. The smallest absolute Gasteiger partial charge is 0.226 e. The number of benzene rings is 1. The molecular weight excluding hydrogens is 202 g/mol. The Balaban J connectivity index is 2.34. The molecule has 1 amide bonds. The molecule has 3 nitrogen and oxygen atoms in total. The SMILES string of the molecule is CC(O)c1ccccc1N1CCCCC1=O. The van der Waals surface area contributed by atoms with E-state index in [1.54, 1.807) is 11.8 Å². The van der Waals surface area contributed by atoms with E-state index in [4.69, 9.17) is 0 Å². The maximum Gasteiger partial charge on any atom is 0.226 e. The number of aliphatic hydroxyl groups excluding tert-OH is 1. The Hall–Kier alpha value is -1.35. The highest BCUT2D eigenvalue weighted by Gasteiger charge is 2.22. The first-order valence-electron chi connectivity index (χ1n) is 5.77. The second-order valence-electron chi connectivity index (χ2n) is 4.24. The van der Waals surface area contributed by atoms with E-state index in [0.717, 1.165) is 30.6 Å². The molecule has 0 aliphatic carbocycles. The molecule has 1 fully saturated rings. The molecule has 0 spiro atoms. The quantitative estimate of drug-likeness (QED) is 0.828. The molecule has 1 aromatic rings. The van der Waals surface area contributed by atoms with Gasteiger partial charge in [0.15, 0.2) is 0 Å². The van der Waals surface area contributed by atoms with Crippen LogP contribution in [0.2, 0.25) is 0 Å². The third kappa shape index (κ3) is 2.09. The zero-order valence-electron chi connectivity index (χ0n) is 9.52. The van der Waals surface area contributed by atoms with Crippen LogP contribution in [-0.2, 0) is 4.79 Å². The van der Waals surface area contributed by atoms with Crippen molar-refractivity contribution in [2.75, 3.05) is 11.4 Å². The standard InChI is InChI=1S/C13H17NO2/c1-10(15)11-6-2-3-7-12(11)14-9-5-4-8-13(14)16/h2-3,6-7,10,15H,4-5,8-9H2,1H3. The number of para-hydroxylation sites is 1. The summed E-state index contributed by atoms with van der Waals surface area (Å²) < 4.78 is 0. The molecule has 0 radical (unpaired) electrons. The van der Waals surface area contributed by atoms with Crippen LogP contribution < -0.4 is 4.90 Å². The average Bonchev–Trinajstić information content (AvgIpc) is 2.29. The lowest BCUT2D eigenvalue weighted by Crippen LogP contribution is -2.36. The minimum Gasteiger partial charge on any atom is -0.389 e. The maximum absolute atomic E-state index is 11.8. The van der Waals surface area contributed by atoms with Crippen LogP contribution in [0.4, 0.5) is 5.69 Å². The van der Waals surface area contributed by atoms with Crippen molar-refractivity contribution < 1.29 is 9.90 Å². The topological polar surface area (TPSA) is 40.5 Å². The number of rotatable bonds is 2. The van der Waals surface area contributed by atoms with E-state index in [0.29, 0.717) is 6.42 Å². The highest BCUT2D eigenvalue weighted by molar-refractivity contribution is 5.94. The van der Waals surface area contributed by atoms with Gasteiger partial charge in [0, 0.05) is 24.2 Å². The number of anilines is 1. The van der Waals surface area contributed by atoms with E-state index in [-0.39, 0.29) is 5.91 Å². The molecular formula is C13H17NO2. The highest BCUT2D eigenvalue weighted by atomic mass is 16.3. The van der Waals surface area contributed by atoms with Gasteiger partial charge in [-0.15, -0.1) is 0 Å². The Bertz CT molecular complexity index is 387. The Morgan fingerprint density at radius 2 is 2.06 bits per heavy atom. The predicted molar refractivity (Wildman–Crippen MR) is 63.3 cm³/mol. The summed E-state index contributed by atoms with van der Waals surface area (Å²) in [5.41, 5.74) is 1.69. The van der Waals surface area contributed by atoms with Crippen molar-refractivity contribution in [3.8, 4) is 0 Å². The van der Waals surface area contributed by atoms with E-state index < -0.39 is 6.10 Å². The summed E-state index contributed by atoms with van der Waals surface area (Å²) in [6.07, 6.45) is 2.10. The number of nitrogens with zero attached hydrogens (tertiary/aromatic N) is 1. The van der Waals surface area contributed by atoms with Crippen molar-refractivity contribution in [1.29, 1.82) is 0 Å². The van der Waals surface area contributed by atoms with E-state index in [9.17, 15) is 9.90 Å². The van der Waals surface area contributed by atoms with Gasteiger partial charge < -0.3 is 10.0 Å². The van der Waals surface area contributed by atoms with Gasteiger partial charge >= 0.3 is 0 Å². The van der Waals surface area contributed by atoms with Crippen LogP contribution in [0.5, 0.6) is 0 Å². The van der Waals surface area contributed by atoms with Crippen molar-refractivity contribution in [2.45, 2.75) is 32.3 Å². The predicted octanol–water partition coefficient (Wildman–Crippen LogP) is 2.26. The first kappa shape index (κ1) is 11.1. The lowest BCUT2D eigenvalue weighted by atomic mass is 10.0. The molecule has 3 heteroatoms. The van der Waals surface area contributed by atoms with Crippen molar-refractivity contribution in [3.63, 3.8) is 0 Å². The van der Waals surface area contributed by atoms with Crippen LogP contribution in [0.25, 0.3) is 0 Å². The van der Waals surface area contributed by atoms with Gasteiger partial charge in [-0.05, 0) is 25.8 Å². The number of hydrogen-bond acceptors (Lipinski definition) is 2. The molecule has 1 unspecified atom stereocenters. The van der Waals surface area contributed by atoms with Gasteiger partial charge in [0.1, 0.15) is 0 Å². The Morgan fingerprint density at radius 3 is 2.75 bits per heavy atom. The van der Waals surface area contributed by atoms with Gasteiger partial charge in [0.05, 0.1) is 6.10 Å². The second-order valence-corrected chi connectivity index (χ2v) is 4.24. The number of carbonyl (C=O) groups excluding carboxylic acids is 1. The van der Waals surface area contributed by atoms with Crippen LogP contribution in [0, 0.1) is 0 Å². The Morgan fingerprint density at radius 1 is 1.31 bits per heavy atom. The minimum atomic E-state index is -0.536. The molecule has 1 heterocycles. The van der Waals surface area contributed by atoms with E-state index >= 15 is 0 Å². The summed E-state index contributed by atoms with van der Waals surface area (Å²) in [4.78, 5) is 13.6. The van der Waals surface area contributed by atoms with Crippen molar-refractivity contribution >= 4 is 11.6 Å². The fourth-order valence-electron chi connectivity index (χ4n) is 2.15. The minimum absolute atomic E-state index is 0.166. The molecule has 1 aliphatic heterocycles. The van der Waals surface area contributed by atoms with Crippen LogP contribution >= 0.6 is 0 Å². The first-order chi connectivity index (χ1) is 7.70. The zero-order chi connectivity index (χ0) is 11.5. The van der Waals surface area contributed by atoms with Gasteiger partial charge in [0.25, 0.3) is 0 Å². The Kier molecular flexibility index (Phi) is 3.25. The van der Waals surface area contributed by atoms with E-state index in [1.165, 1.54) is 0 Å². The lowest BCUT2D eigenvalue weighted by molar-refractivity contribution is -0.119. The first-order valence-corrected chi connectivity index (χ1v) is 5.77. The summed E-state index contributed by atoms with van der Waals surface area (Å²) >= 11 is 0. The van der Waals surface area contributed by atoms with Gasteiger partial charge in [0.2, 0.25) is 5.91 Å².